The number of hydrogen-bond acceptors (Lipinski definition) is 5. The first kappa shape index (κ1) is 20.9. The number of amides is 1. The van der Waals surface area contributed by atoms with Crippen LogP contribution in [0.25, 0.3) is 0 Å². The van der Waals surface area contributed by atoms with Crippen LogP contribution in [0, 0.1) is 6.92 Å². The Kier molecular flexibility index (Phi) is 7.30. The van der Waals surface area contributed by atoms with Crippen molar-refractivity contribution in [2.75, 3.05) is 5.75 Å². The van der Waals surface area contributed by atoms with Gasteiger partial charge in [0.25, 0.3) is 0 Å². The number of aryl methyl sites for hydroxylation is 1. The zero-order valence-electron chi connectivity index (χ0n) is 17.0. The molecule has 29 heavy (non-hydrogen) atoms. The van der Waals surface area contributed by atoms with E-state index >= 15 is 0 Å². The first-order chi connectivity index (χ1) is 14.1. The Bertz CT molecular complexity index is 943. The molecule has 6 nitrogen and oxygen atoms in total. The molecular weight excluding hydrogens is 384 g/mol. The molecule has 0 aliphatic carbocycles. The highest BCUT2D eigenvalue weighted by Gasteiger charge is 2.19. The SMILES string of the molecule is CCn1c(SCC(=O)NCc2ccccc2)nnc1C(C)Oc1cccc(C)c1. The summed E-state index contributed by atoms with van der Waals surface area (Å²) < 4.78 is 8.03. The van der Waals surface area contributed by atoms with Gasteiger partial charge in [-0.3, -0.25) is 4.79 Å². The van der Waals surface area contributed by atoms with Gasteiger partial charge in [0.1, 0.15) is 5.75 Å². The molecule has 0 spiro atoms. The Labute approximate surface area is 175 Å². The number of thioether (sulfide) groups is 1. The van der Waals surface area contributed by atoms with Crippen molar-refractivity contribution < 1.29 is 9.53 Å². The minimum absolute atomic E-state index is 0.0323. The number of nitrogens with zero attached hydrogens (tertiary/aromatic N) is 3. The largest absolute Gasteiger partial charge is 0.483 e. The average molecular weight is 411 g/mol. The van der Waals surface area contributed by atoms with Crippen LogP contribution in [0.5, 0.6) is 5.75 Å². The van der Waals surface area contributed by atoms with E-state index < -0.39 is 0 Å². The van der Waals surface area contributed by atoms with Crippen LogP contribution in [-0.4, -0.2) is 26.4 Å². The summed E-state index contributed by atoms with van der Waals surface area (Å²) in [5, 5.41) is 12.2. The van der Waals surface area contributed by atoms with E-state index in [4.69, 9.17) is 4.74 Å². The fourth-order valence-corrected chi connectivity index (χ4v) is 3.77. The third-order valence-corrected chi connectivity index (χ3v) is 5.36. The van der Waals surface area contributed by atoms with E-state index in [0.717, 1.165) is 27.9 Å². The molecular formula is C22H26N4O2S. The second-order valence-electron chi connectivity index (χ2n) is 6.71. The summed E-state index contributed by atoms with van der Waals surface area (Å²) in [6.07, 6.45) is -0.245. The summed E-state index contributed by atoms with van der Waals surface area (Å²) in [4.78, 5) is 12.2. The normalized spacial score (nSPS) is 11.8. The molecule has 2 aromatic carbocycles. The Morgan fingerprint density at radius 1 is 1.17 bits per heavy atom. The molecule has 1 aromatic heterocycles. The molecule has 0 radical (unpaired) electrons. The minimum atomic E-state index is -0.245. The molecule has 3 rings (SSSR count). The van der Waals surface area contributed by atoms with Crippen molar-refractivity contribution in [3.63, 3.8) is 0 Å². The molecule has 1 N–H and O–H groups in total. The molecule has 0 saturated carbocycles. The molecule has 0 saturated heterocycles. The van der Waals surface area contributed by atoms with Gasteiger partial charge >= 0.3 is 0 Å². The standard InChI is InChI=1S/C22H26N4O2S/c1-4-26-21(17(3)28-19-12-8-9-16(2)13-19)24-25-22(26)29-15-20(27)23-14-18-10-6-5-7-11-18/h5-13,17H,4,14-15H2,1-3H3,(H,23,27). The molecule has 0 aliphatic rings. The highest BCUT2D eigenvalue weighted by Crippen LogP contribution is 2.25. The van der Waals surface area contributed by atoms with Gasteiger partial charge in [0, 0.05) is 13.1 Å². The number of carbonyl (C=O) groups is 1. The van der Waals surface area contributed by atoms with Gasteiger partial charge in [-0.1, -0.05) is 54.2 Å². The van der Waals surface area contributed by atoms with Gasteiger partial charge in [-0.15, -0.1) is 10.2 Å². The topological polar surface area (TPSA) is 69.0 Å². The van der Waals surface area contributed by atoms with Crippen molar-refractivity contribution in [3.8, 4) is 5.75 Å². The second-order valence-corrected chi connectivity index (χ2v) is 7.66. The maximum Gasteiger partial charge on any atom is 0.230 e. The summed E-state index contributed by atoms with van der Waals surface area (Å²) in [6, 6.07) is 17.8. The second kappa shape index (κ2) is 10.1. The Hall–Kier alpha value is -2.80. The van der Waals surface area contributed by atoms with Crippen LogP contribution in [-0.2, 0) is 17.9 Å². The maximum atomic E-state index is 12.2. The van der Waals surface area contributed by atoms with Crippen LogP contribution in [0.4, 0.5) is 0 Å². The lowest BCUT2D eigenvalue weighted by Gasteiger charge is -2.16. The quantitative estimate of drug-likeness (QED) is 0.537. The van der Waals surface area contributed by atoms with Crippen molar-refractivity contribution >= 4 is 17.7 Å². The molecule has 152 valence electrons. The predicted octanol–water partition coefficient (Wildman–Crippen LogP) is 4.15. The Balaban J connectivity index is 1.57. The number of benzene rings is 2. The van der Waals surface area contributed by atoms with E-state index in [0.29, 0.717) is 13.1 Å². The third-order valence-electron chi connectivity index (χ3n) is 4.39. The van der Waals surface area contributed by atoms with E-state index in [2.05, 4.69) is 15.5 Å². The zero-order valence-corrected chi connectivity index (χ0v) is 17.8. The lowest BCUT2D eigenvalue weighted by molar-refractivity contribution is -0.118. The fourth-order valence-electron chi connectivity index (χ4n) is 2.93. The van der Waals surface area contributed by atoms with Crippen LogP contribution >= 0.6 is 11.8 Å². The lowest BCUT2D eigenvalue weighted by Crippen LogP contribution is -2.24. The molecule has 0 bridgehead atoms. The van der Waals surface area contributed by atoms with Gasteiger partial charge in [0.2, 0.25) is 5.91 Å². The minimum Gasteiger partial charge on any atom is -0.483 e. The molecule has 0 aliphatic heterocycles. The van der Waals surface area contributed by atoms with E-state index in [1.165, 1.54) is 11.8 Å². The number of ether oxygens (including phenoxy) is 1. The number of hydrogen-bond donors (Lipinski definition) is 1. The van der Waals surface area contributed by atoms with Gasteiger partial charge in [-0.05, 0) is 44.0 Å². The van der Waals surface area contributed by atoms with Crippen LogP contribution in [0.15, 0.2) is 59.8 Å². The van der Waals surface area contributed by atoms with Crippen molar-refractivity contribution in [2.45, 2.75) is 45.1 Å². The van der Waals surface area contributed by atoms with Gasteiger partial charge in [-0.25, -0.2) is 0 Å². The van der Waals surface area contributed by atoms with Gasteiger partial charge in [0.15, 0.2) is 17.1 Å². The zero-order chi connectivity index (χ0) is 20.6. The summed E-state index contributed by atoms with van der Waals surface area (Å²) in [5.74, 6) is 1.81. The van der Waals surface area contributed by atoms with Crippen molar-refractivity contribution in [1.82, 2.24) is 20.1 Å². The lowest BCUT2D eigenvalue weighted by atomic mass is 10.2. The van der Waals surface area contributed by atoms with Crippen LogP contribution in [0.2, 0.25) is 0 Å². The Morgan fingerprint density at radius 3 is 2.69 bits per heavy atom. The molecule has 1 atom stereocenters. The van der Waals surface area contributed by atoms with E-state index in [-0.39, 0.29) is 17.8 Å². The maximum absolute atomic E-state index is 12.2. The van der Waals surface area contributed by atoms with Gasteiger partial charge < -0.3 is 14.6 Å². The monoisotopic (exact) mass is 410 g/mol. The first-order valence-electron chi connectivity index (χ1n) is 9.66. The number of rotatable bonds is 9. The van der Waals surface area contributed by atoms with Crippen LogP contribution < -0.4 is 10.1 Å². The molecule has 7 heteroatoms. The number of aromatic nitrogens is 3. The highest BCUT2D eigenvalue weighted by atomic mass is 32.2. The Morgan fingerprint density at radius 2 is 1.97 bits per heavy atom. The van der Waals surface area contributed by atoms with Crippen LogP contribution in [0.3, 0.4) is 0 Å². The summed E-state index contributed by atoms with van der Waals surface area (Å²) in [5.41, 5.74) is 2.22. The molecule has 0 fully saturated rings. The highest BCUT2D eigenvalue weighted by molar-refractivity contribution is 7.99. The molecule has 1 heterocycles. The van der Waals surface area contributed by atoms with Gasteiger partial charge in [-0.2, -0.15) is 0 Å². The summed E-state index contributed by atoms with van der Waals surface area (Å²) in [6.45, 7) is 7.25. The van der Waals surface area contributed by atoms with E-state index in [1.54, 1.807) is 0 Å². The number of nitrogens with one attached hydrogen (secondary N) is 1. The summed E-state index contributed by atoms with van der Waals surface area (Å²) in [7, 11) is 0. The predicted molar refractivity (Wildman–Crippen MR) is 115 cm³/mol. The fraction of sp³-hybridized carbons (Fsp3) is 0.318. The summed E-state index contributed by atoms with van der Waals surface area (Å²) >= 11 is 1.38. The van der Waals surface area contributed by atoms with Crippen molar-refractivity contribution in [1.29, 1.82) is 0 Å². The van der Waals surface area contributed by atoms with Crippen LogP contribution in [0.1, 0.15) is 36.9 Å². The van der Waals surface area contributed by atoms with E-state index in [1.807, 2.05) is 79.9 Å². The third kappa shape index (κ3) is 5.84. The average Bonchev–Trinajstić information content (AvgIpc) is 3.14. The molecule has 3 aromatic rings. The molecule has 1 amide bonds. The smallest absolute Gasteiger partial charge is 0.230 e. The van der Waals surface area contributed by atoms with Crippen molar-refractivity contribution in [2.24, 2.45) is 0 Å². The number of carbonyl (C=O) groups excluding carboxylic acids is 1. The van der Waals surface area contributed by atoms with Gasteiger partial charge in [0.05, 0.1) is 5.75 Å². The van der Waals surface area contributed by atoms with Crippen molar-refractivity contribution in [3.05, 3.63) is 71.5 Å². The first-order valence-corrected chi connectivity index (χ1v) is 10.6. The molecule has 1 unspecified atom stereocenters. The van der Waals surface area contributed by atoms with E-state index in [9.17, 15) is 4.79 Å².